The molecule has 0 bridgehead atoms. The van der Waals surface area contributed by atoms with E-state index in [9.17, 15) is 0 Å². The first kappa shape index (κ1) is 11.2. The third-order valence-electron chi connectivity index (χ3n) is 2.36. The molecule has 1 aliphatic carbocycles. The van der Waals surface area contributed by atoms with E-state index in [1.807, 2.05) is 0 Å². The van der Waals surface area contributed by atoms with Crippen molar-refractivity contribution in [3.63, 3.8) is 0 Å². The van der Waals surface area contributed by atoms with Crippen molar-refractivity contribution in [2.45, 2.75) is 25.7 Å². The quantitative estimate of drug-likeness (QED) is 0.570. The largest absolute Gasteiger partial charge is 0.501 e. The molecule has 1 N–H and O–H groups in total. The molecule has 0 aromatic carbocycles. The average molecular weight is 211 g/mol. The molecule has 14 heavy (non-hydrogen) atoms. The first-order valence-corrected chi connectivity index (χ1v) is 5.42. The van der Waals surface area contributed by atoms with Crippen LogP contribution in [0.3, 0.4) is 0 Å². The van der Waals surface area contributed by atoms with Gasteiger partial charge in [0, 0.05) is 13.0 Å². The summed E-state index contributed by atoms with van der Waals surface area (Å²) in [6.45, 7) is 0.820. The fourth-order valence-corrected chi connectivity index (χ4v) is 1.71. The van der Waals surface area contributed by atoms with Gasteiger partial charge < -0.3 is 10.1 Å². The number of methoxy groups -OCH3 is 1. The molecule has 0 atom stereocenters. The van der Waals surface area contributed by atoms with Crippen LogP contribution in [0.4, 0.5) is 0 Å². The van der Waals surface area contributed by atoms with E-state index in [1.165, 1.54) is 5.57 Å². The van der Waals surface area contributed by atoms with Crippen molar-refractivity contribution in [2.75, 3.05) is 13.7 Å². The highest BCUT2D eigenvalue weighted by atomic mass is 32.1. The fourth-order valence-electron chi connectivity index (χ4n) is 1.62. The zero-order valence-corrected chi connectivity index (χ0v) is 9.40. The van der Waals surface area contributed by atoms with E-state index >= 15 is 0 Å². The molecule has 0 aliphatic heterocycles. The van der Waals surface area contributed by atoms with Crippen molar-refractivity contribution in [1.82, 2.24) is 5.32 Å². The molecule has 1 rings (SSSR count). The molecule has 0 spiro atoms. The first-order chi connectivity index (χ1) is 6.88. The zero-order valence-electron chi connectivity index (χ0n) is 8.58. The molecule has 3 heteroatoms. The topological polar surface area (TPSA) is 21.3 Å². The minimum Gasteiger partial charge on any atom is -0.501 e. The van der Waals surface area contributed by atoms with Crippen LogP contribution in [-0.4, -0.2) is 19.1 Å². The Bertz CT molecular complexity index is 242. The molecule has 0 saturated carbocycles. The van der Waals surface area contributed by atoms with Crippen LogP contribution in [0.1, 0.15) is 25.7 Å². The summed E-state index contributed by atoms with van der Waals surface area (Å²) in [5, 5.41) is 3.06. The second-order valence-corrected chi connectivity index (χ2v) is 3.51. The summed E-state index contributed by atoms with van der Waals surface area (Å²) < 4.78 is 5.39. The van der Waals surface area contributed by atoms with Crippen LogP contribution < -0.4 is 5.32 Å². The second kappa shape index (κ2) is 6.60. The second-order valence-electron chi connectivity index (χ2n) is 3.28. The molecule has 0 saturated heterocycles. The third kappa shape index (κ3) is 3.50. The minimum absolute atomic E-state index is 0.820. The molecule has 0 aromatic rings. The Morgan fingerprint density at radius 3 is 2.79 bits per heavy atom. The predicted octanol–water partition coefficient (Wildman–Crippen LogP) is 2.56. The Kier molecular flexibility index (Phi) is 5.30. The molecule has 0 amide bonds. The lowest BCUT2D eigenvalue weighted by atomic mass is 10.0. The Balaban J connectivity index is 2.63. The van der Waals surface area contributed by atoms with Crippen LogP contribution in [0, 0.1) is 0 Å². The van der Waals surface area contributed by atoms with E-state index in [-0.39, 0.29) is 0 Å². The summed E-state index contributed by atoms with van der Waals surface area (Å²) in [5.41, 5.74) is 2.91. The summed E-state index contributed by atoms with van der Waals surface area (Å²) in [6, 6.07) is 0. The Hall–Kier alpha value is -0.830. The van der Waals surface area contributed by atoms with Crippen molar-refractivity contribution >= 4 is 17.7 Å². The maximum absolute atomic E-state index is 5.39. The van der Waals surface area contributed by atoms with E-state index in [2.05, 4.69) is 17.5 Å². The highest BCUT2D eigenvalue weighted by Gasteiger charge is 2.07. The van der Waals surface area contributed by atoms with Gasteiger partial charge in [0.1, 0.15) is 0 Å². The lowest BCUT2D eigenvalue weighted by Crippen LogP contribution is -2.16. The molecule has 0 unspecified atom stereocenters. The van der Waals surface area contributed by atoms with Crippen molar-refractivity contribution in [1.29, 1.82) is 0 Å². The molecule has 0 aromatic heterocycles. The number of allylic oxidation sites excluding steroid dienone is 3. The summed E-state index contributed by atoms with van der Waals surface area (Å²) >= 11 is 4.74. The van der Waals surface area contributed by atoms with E-state index < -0.39 is 0 Å². The normalized spacial score (nSPS) is 24.6. The summed E-state index contributed by atoms with van der Waals surface area (Å²) in [6.07, 6.45) is 8.70. The smallest absolute Gasteiger partial charge is 0.0968 e. The summed E-state index contributed by atoms with van der Waals surface area (Å²) in [5.74, 6) is 1.12. The Morgan fingerprint density at radius 1 is 1.43 bits per heavy atom. The van der Waals surface area contributed by atoms with Gasteiger partial charge in [-0.3, -0.25) is 0 Å². The van der Waals surface area contributed by atoms with Crippen molar-refractivity contribution in [2.24, 2.45) is 0 Å². The van der Waals surface area contributed by atoms with Gasteiger partial charge in [-0.05, 0) is 24.8 Å². The van der Waals surface area contributed by atoms with Crippen LogP contribution in [-0.2, 0) is 4.74 Å². The van der Waals surface area contributed by atoms with Gasteiger partial charge in [0.2, 0.25) is 0 Å². The molecule has 0 heterocycles. The van der Waals surface area contributed by atoms with E-state index in [1.54, 1.807) is 12.6 Å². The van der Waals surface area contributed by atoms with Crippen LogP contribution in [0.2, 0.25) is 0 Å². The first-order valence-electron chi connectivity index (χ1n) is 4.95. The molecule has 0 fully saturated rings. The molecule has 78 valence electrons. The van der Waals surface area contributed by atoms with Gasteiger partial charge in [-0.1, -0.05) is 24.4 Å². The standard InChI is InChI=1S/C11H17NOS/c1-13-11-7-5-3-2-4-6-10(11)8-12-9-14/h2-3,9H,4-8H2,1H3,(H,12,14)/b3-2-,11-10-. The fraction of sp³-hybridized carbons (Fsp3) is 0.545. The van der Waals surface area contributed by atoms with E-state index in [4.69, 9.17) is 17.0 Å². The monoisotopic (exact) mass is 211 g/mol. The van der Waals surface area contributed by atoms with Crippen LogP contribution in [0.25, 0.3) is 0 Å². The molecule has 0 radical (unpaired) electrons. The third-order valence-corrected chi connectivity index (χ3v) is 2.52. The van der Waals surface area contributed by atoms with Gasteiger partial charge in [-0.2, -0.15) is 0 Å². The molecule has 1 aliphatic rings. The summed E-state index contributed by atoms with van der Waals surface area (Å²) in [4.78, 5) is 0. The van der Waals surface area contributed by atoms with Gasteiger partial charge in [0.15, 0.2) is 0 Å². The molecular weight excluding hydrogens is 194 g/mol. The highest BCUT2D eigenvalue weighted by Crippen LogP contribution is 2.19. The number of hydrogen-bond donors (Lipinski definition) is 1. The lowest BCUT2D eigenvalue weighted by molar-refractivity contribution is 0.270. The number of rotatable bonds is 4. The van der Waals surface area contributed by atoms with Crippen LogP contribution in [0.15, 0.2) is 23.5 Å². The average Bonchev–Trinajstić information content (AvgIpc) is 2.17. The Labute approximate surface area is 91.0 Å². The summed E-state index contributed by atoms with van der Waals surface area (Å²) in [7, 11) is 1.75. The van der Waals surface area contributed by atoms with Crippen LogP contribution >= 0.6 is 12.2 Å². The lowest BCUT2D eigenvalue weighted by Gasteiger charge is -2.15. The maximum Gasteiger partial charge on any atom is 0.0968 e. The van der Waals surface area contributed by atoms with Gasteiger partial charge in [0.25, 0.3) is 0 Å². The SMILES string of the molecule is CO/C1=C(\CNC=S)CC/C=C\CC1. The van der Waals surface area contributed by atoms with Gasteiger partial charge in [0.05, 0.1) is 18.4 Å². The number of ether oxygens (including phenoxy) is 1. The van der Waals surface area contributed by atoms with Gasteiger partial charge in [-0.25, -0.2) is 0 Å². The van der Waals surface area contributed by atoms with Gasteiger partial charge in [-0.15, -0.1) is 0 Å². The molecule has 2 nitrogen and oxygen atoms in total. The highest BCUT2D eigenvalue weighted by molar-refractivity contribution is 7.78. The van der Waals surface area contributed by atoms with Crippen molar-refractivity contribution < 1.29 is 4.74 Å². The minimum atomic E-state index is 0.820. The van der Waals surface area contributed by atoms with Crippen molar-refractivity contribution in [3.05, 3.63) is 23.5 Å². The number of nitrogens with one attached hydrogen (secondary N) is 1. The van der Waals surface area contributed by atoms with E-state index in [0.29, 0.717) is 0 Å². The Morgan fingerprint density at radius 2 is 2.14 bits per heavy atom. The van der Waals surface area contributed by atoms with E-state index in [0.717, 1.165) is 38.0 Å². The number of thiocarbonyl (C=S) groups is 1. The number of hydrogen-bond acceptors (Lipinski definition) is 2. The zero-order chi connectivity index (χ0) is 10.2. The van der Waals surface area contributed by atoms with Crippen molar-refractivity contribution in [3.8, 4) is 0 Å². The van der Waals surface area contributed by atoms with Crippen LogP contribution in [0.5, 0.6) is 0 Å². The molecular formula is C11H17NOS. The predicted molar refractivity (Wildman–Crippen MR) is 63.3 cm³/mol. The maximum atomic E-state index is 5.39. The van der Waals surface area contributed by atoms with Gasteiger partial charge >= 0.3 is 0 Å².